The van der Waals surface area contributed by atoms with Crippen molar-refractivity contribution in [3.63, 3.8) is 0 Å². The van der Waals surface area contributed by atoms with Gasteiger partial charge in [-0.05, 0) is 43.4 Å². The van der Waals surface area contributed by atoms with E-state index < -0.39 is 6.04 Å². The molecule has 2 N–H and O–H groups in total. The Morgan fingerprint density at radius 2 is 2.06 bits per heavy atom. The van der Waals surface area contributed by atoms with Crippen LogP contribution in [-0.2, 0) is 24.2 Å². The Hall–Kier alpha value is -3.94. The number of hydrogen-bond acceptors (Lipinski definition) is 5. The van der Waals surface area contributed by atoms with E-state index >= 15 is 0 Å². The van der Waals surface area contributed by atoms with E-state index in [9.17, 15) is 9.59 Å². The van der Waals surface area contributed by atoms with Gasteiger partial charge in [-0.25, -0.2) is 4.98 Å². The highest BCUT2D eigenvalue weighted by Crippen LogP contribution is 2.24. The lowest BCUT2D eigenvalue weighted by Crippen LogP contribution is -2.36. The van der Waals surface area contributed by atoms with Crippen molar-refractivity contribution in [1.29, 1.82) is 0 Å². The van der Waals surface area contributed by atoms with Gasteiger partial charge in [0.05, 0.1) is 17.9 Å². The standard InChI is InChI=1S/C26H28N6O2/c1-18-20(14-21-16-27-12-13-31(18)21)15-30-25(33)23-9-10-24-29-17-22(26(34)32(23)24)28-11-5-8-19-6-3-2-4-7-19/h2-4,6-7,12-14,16-17,23,28H,5,8-11,15H2,1H3,(H,30,33)/t23-/m0/s1. The van der Waals surface area contributed by atoms with Crippen molar-refractivity contribution in [2.45, 2.75) is 45.2 Å². The highest BCUT2D eigenvalue weighted by Gasteiger charge is 2.31. The predicted octanol–water partition coefficient (Wildman–Crippen LogP) is 3.05. The van der Waals surface area contributed by atoms with E-state index in [0.29, 0.717) is 37.4 Å². The molecule has 1 aliphatic rings. The summed E-state index contributed by atoms with van der Waals surface area (Å²) in [5.74, 6) is 0.508. The number of aryl methyl sites for hydroxylation is 3. The molecule has 4 aromatic rings. The summed E-state index contributed by atoms with van der Waals surface area (Å²) in [6, 6.07) is 11.8. The van der Waals surface area contributed by atoms with Crippen LogP contribution >= 0.6 is 0 Å². The molecule has 0 bridgehead atoms. The zero-order valence-electron chi connectivity index (χ0n) is 19.2. The van der Waals surface area contributed by atoms with Crippen LogP contribution in [0, 0.1) is 6.92 Å². The van der Waals surface area contributed by atoms with E-state index in [2.05, 4.69) is 32.7 Å². The summed E-state index contributed by atoms with van der Waals surface area (Å²) in [7, 11) is 0. The van der Waals surface area contributed by atoms with Crippen molar-refractivity contribution in [2.24, 2.45) is 0 Å². The van der Waals surface area contributed by atoms with Gasteiger partial charge in [-0.15, -0.1) is 0 Å². The number of aromatic nitrogens is 4. The number of rotatable bonds is 8. The van der Waals surface area contributed by atoms with Gasteiger partial charge in [-0.1, -0.05) is 30.3 Å². The average molecular weight is 457 g/mol. The highest BCUT2D eigenvalue weighted by atomic mass is 16.2. The van der Waals surface area contributed by atoms with Crippen molar-refractivity contribution >= 4 is 17.1 Å². The Balaban J connectivity index is 1.24. The third kappa shape index (κ3) is 4.31. The Kier molecular flexibility index (Phi) is 6.12. The molecule has 174 valence electrons. The van der Waals surface area contributed by atoms with Gasteiger partial charge in [0.2, 0.25) is 5.91 Å². The fourth-order valence-electron chi connectivity index (χ4n) is 4.64. The van der Waals surface area contributed by atoms with Crippen molar-refractivity contribution in [2.75, 3.05) is 11.9 Å². The van der Waals surface area contributed by atoms with E-state index in [1.54, 1.807) is 23.2 Å². The fraction of sp³-hybridized carbons (Fsp3) is 0.308. The maximum absolute atomic E-state index is 13.2. The molecule has 0 unspecified atom stereocenters. The molecule has 0 saturated heterocycles. The van der Waals surface area contributed by atoms with E-state index in [1.807, 2.05) is 41.8 Å². The molecular weight excluding hydrogens is 428 g/mol. The van der Waals surface area contributed by atoms with E-state index in [0.717, 1.165) is 29.6 Å². The number of nitrogens with one attached hydrogen (secondary N) is 2. The smallest absolute Gasteiger partial charge is 0.277 e. The molecule has 3 aromatic heterocycles. The quantitative estimate of drug-likeness (QED) is 0.398. The monoisotopic (exact) mass is 456 g/mol. The first-order valence-electron chi connectivity index (χ1n) is 11.7. The molecule has 0 radical (unpaired) electrons. The lowest BCUT2D eigenvalue weighted by atomic mass is 10.1. The van der Waals surface area contributed by atoms with Gasteiger partial charge >= 0.3 is 0 Å². The molecule has 1 amide bonds. The molecule has 8 heteroatoms. The van der Waals surface area contributed by atoms with Crippen LogP contribution in [0.2, 0.25) is 0 Å². The molecular formula is C26H28N6O2. The number of carbonyl (C=O) groups is 1. The minimum absolute atomic E-state index is 0.156. The minimum Gasteiger partial charge on any atom is -0.379 e. The molecule has 8 nitrogen and oxygen atoms in total. The molecule has 0 spiro atoms. The first-order chi connectivity index (χ1) is 16.6. The molecule has 0 aliphatic carbocycles. The van der Waals surface area contributed by atoms with Crippen LogP contribution in [-0.4, -0.2) is 31.4 Å². The second-order valence-electron chi connectivity index (χ2n) is 8.68. The molecule has 0 saturated carbocycles. The summed E-state index contributed by atoms with van der Waals surface area (Å²) in [5.41, 5.74) is 4.60. The first kappa shape index (κ1) is 21.9. The number of carbonyl (C=O) groups excluding carboxylic acids is 1. The third-order valence-electron chi connectivity index (χ3n) is 6.51. The summed E-state index contributed by atoms with van der Waals surface area (Å²) in [6.07, 6.45) is 10.1. The van der Waals surface area contributed by atoms with Crippen LogP contribution < -0.4 is 16.2 Å². The van der Waals surface area contributed by atoms with Crippen LogP contribution in [0.1, 0.15) is 41.5 Å². The molecule has 34 heavy (non-hydrogen) atoms. The van der Waals surface area contributed by atoms with Gasteiger partial charge < -0.3 is 15.0 Å². The van der Waals surface area contributed by atoms with Crippen molar-refractivity contribution in [3.05, 3.63) is 94.2 Å². The first-order valence-corrected chi connectivity index (χ1v) is 11.7. The van der Waals surface area contributed by atoms with Crippen LogP contribution in [0.25, 0.3) is 5.52 Å². The molecule has 5 rings (SSSR count). The van der Waals surface area contributed by atoms with Crippen LogP contribution in [0.15, 0.2) is 66.0 Å². The summed E-state index contributed by atoms with van der Waals surface area (Å²) < 4.78 is 3.60. The van der Waals surface area contributed by atoms with Gasteiger partial charge in [0.25, 0.3) is 5.56 Å². The maximum Gasteiger partial charge on any atom is 0.277 e. The second kappa shape index (κ2) is 9.51. The third-order valence-corrected chi connectivity index (χ3v) is 6.51. The van der Waals surface area contributed by atoms with E-state index in [-0.39, 0.29) is 11.5 Å². The summed E-state index contributed by atoms with van der Waals surface area (Å²) in [5, 5.41) is 6.24. The average Bonchev–Trinajstić information content (AvgIpc) is 3.44. The number of anilines is 1. The second-order valence-corrected chi connectivity index (χ2v) is 8.68. The summed E-state index contributed by atoms with van der Waals surface area (Å²) >= 11 is 0. The summed E-state index contributed by atoms with van der Waals surface area (Å²) in [6.45, 7) is 3.08. The molecule has 1 aliphatic heterocycles. The zero-order valence-corrected chi connectivity index (χ0v) is 19.2. The number of hydrogen-bond donors (Lipinski definition) is 2. The van der Waals surface area contributed by atoms with Gasteiger partial charge in [-0.2, -0.15) is 0 Å². The number of benzene rings is 1. The highest BCUT2D eigenvalue weighted by molar-refractivity contribution is 5.81. The maximum atomic E-state index is 13.2. The van der Waals surface area contributed by atoms with Crippen LogP contribution in [0.5, 0.6) is 0 Å². The van der Waals surface area contributed by atoms with Gasteiger partial charge in [-0.3, -0.25) is 19.1 Å². The largest absolute Gasteiger partial charge is 0.379 e. The molecule has 0 fully saturated rings. The van der Waals surface area contributed by atoms with E-state index in [4.69, 9.17) is 0 Å². The van der Waals surface area contributed by atoms with Crippen molar-refractivity contribution in [3.8, 4) is 0 Å². The van der Waals surface area contributed by atoms with Gasteiger partial charge in [0, 0.05) is 37.6 Å². The van der Waals surface area contributed by atoms with E-state index in [1.165, 1.54) is 5.56 Å². The van der Waals surface area contributed by atoms with Crippen molar-refractivity contribution < 1.29 is 4.79 Å². The SMILES string of the molecule is Cc1c(CNC(=O)[C@@H]2CCc3ncc(NCCCc4ccccc4)c(=O)n32)cc2cnccn12. The lowest BCUT2D eigenvalue weighted by molar-refractivity contribution is -0.124. The predicted molar refractivity (Wildman–Crippen MR) is 131 cm³/mol. The van der Waals surface area contributed by atoms with Crippen LogP contribution in [0.4, 0.5) is 5.69 Å². The Bertz CT molecular complexity index is 1380. The van der Waals surface area contributed by atoms with Gasteiger partial charge in [0.15, 0.2) is 0 Å². The van der Waals surface area contributed by atoms with Gasteiger partial charge in [0.1, 0.15) is 17.6 Å². The Morgan fingerprint density at radius 3 is 2.88 bits per heavy atom. The number of fused-ring (bicyclic) bond motifs is 2. The molecule has 1 atom stereocenters. The normalized spacial score (nSPS) is 14.8. The fourth-order valence-corrected chi connectivity index (χ4v) is 4.64. The molecule has 1 aromatic carbocycles. The number of amides is 1. The van der Waals surface area contributed by atoms with Crippen LogP contribution in [0.3, 0.4) is 0 Å². The topological polar surface area (TPSA) is 93.3 Å². The lowest BCUT2D eigenvalue weighted by Gasteiger charge is -2.16. The zero-order chi connectivity index (χ0) is 23.5. The minimum atomic E-state index is -0.542. The molecule has 4 heterocycles. The summed E-state index contributed by atoms with van der Waals surface area (Å²) in [4.78, 5) is 34.8. The Morgan fingerprint density at radius 1 is 1.21 bits per heavy atom. The van der Waals surface area contributed by atoms with Crippen molar-refractivity contribution in [1.82, 2.24) is 24.3 Å². The number of nitrogens with zero attached hydrogens (tertiary/aromatic N) is 4. The Labute approximate surface area is 197 Å².